The van der Waals surface area contributed by atoms with Gasteiger partial charge in [0, 0.05) is 6.20 Å². The average molecular weight is 160 g/mol. The number of nitriles is 1. The second-order valence-electron chi connectivity index (χ2n) is 3.16. The lowest BCUT2D eigenvalue weighted by Crippen LogP contribution is -1.98. The molecule has 0 N–H and O–H groups in total. The molecule has 2 heteroatoms. The Labute approximate surface area is 72.9 Å². The van der Waals surface area contributed by atoms with E-state index in [9.17, 15) is 0 Å². The summed E-state index contributed by atoms with van der Waals surface area (Å²) in [5.74, 6) is 0.369. The molecule has 0 atom stereocenters. The van der Waals surface area contributed by atoms with E-state index in [-0.39, 0.29) is 0 Å². The van der Waals surface area contributed by atoms with E-state index in [2.05, 4.69) is 24.9 Å². The molecular weight excluding hydrogens is 148 g/mol. The minimum atomic E-state index is 0.369. The minimum Gasteiger partial charge on any atom is -0.245 e. The van der Waals surface area contributed by atoms with Crippen LogP contribution in [0.4, 0.5) is 0 Å². The van der Waals surface area contributed by atoms with Gasteiger partial charge in [-0.3, -0.25) is 0 Å². The fraction of sp³-hybridized carbons (Fsp3) is 0.400. The Morgan fingerprint density at radius 3 is 2.58 bits per heavy atom. The molecule has 0 spiro atoms. The van der Waals surface area contributed by atoms with Crippen molar-refractivity contribution < 1.29 is 0 Å². The molecule has 0 aliphatic carbocycles. The van der Waals surface area contributed by atoms with Crippen LogP contribution >= 0.6 is 0 Å². The Balaban J connectivity index is 3.32. The fourth-order valence-electron chi connectivity index (χ4n) is 1.39. The van der Waals surface area contributed by atoms with E-state index in [1.807, 2.05) is 13.0 Å². The topological polar surface area (TPSA) is 36.7 Å². The number of rotatable bonds is 1. The third kappa shape index (κ3) is 1.45. The van der Waals surface area contributed by atoms with Crippen LogP contribution in [0.25, 0.3) is 0 Å². The lowest BCUT2D eigenvalue weighted by atomic mass is 9.97. The van der Waals surface area contributed by atoms with Crippen LogP contribution in [-0.2, 0) is 0 Å². The maximum absolute atomic E-state index is 8.78. The van der Waals surface area contributed by atoms with Crippen molar-refractivity contribution in [1.29, 1.82) is 5.26 Å². The number of hydrogen-bond acceptors (Lipinski definition) is 2. The second-order valence-corrected chi connectivity index (χ2v) is 3.16. The number of aryl methyl sites for hydroxylation is 1. The molecule has 1 aromatic rings. The van der Waals surface area contributed by atoms with E-state index in [4.69, 9.17) is 5.26 Å². The van der Waals surface area contributed by atoms with E-state index in [1.54, 1.807) is 6.20 Å². The summed E-state index contributed by atoms with van der Waals surface area (Å²) in [6, 6.07) is 4.05. The van der Waals surface area contributed by atoms with Crippen LogP contribution in [0.1, 0.15) is 36.6 Å². The standard InChI is InChI=1S/C10H12N2/c1-7(2)10-8(3)4-5-12-9(10)6-11/h4-5,7H,1-3H3. The molecule has 12 heavy (non-hydrogen) atoms. The molecule has 0 unspecified atom stereocenters. The molecular formula is C10H12N2. The van der Waals surface area contributed by atoms with Crippen LogP contribution in [0.5, 0.6) is 0 Å². The van der Waals surface area contributed by atoms with Gasteiger partial charge in [0.2, 0.25) is 0 Å². The summed E-state index contributed by atoms with van der Waals surface area (Å²) in [7, 11) is 0. The van der Waals surface area contributed by atoms with Crippen LogP contribution in [-0.4, -0.2) is 4.98 Å². The van der Waals surface area contributed by atoms with Crippen molar-refractivity contribution in [3.05, 3.63) is 29.1 Å². The Morgan fingerprint density at radius 2 is 2.17 bits per heavy atom. The van der Waals surface area contributed by atoms with Crippen molar-refractivity contribution in [3.8, 4) is 6.07 Å². The van der Waals surface area contributed by atoms with Crippen molar-refractivity contribution in [3.63, 3.8) is 0 Å². The Hall–Kier alpha value is -1.36. The highest BCUT2D eigenvalue weighted by Crippen LogP contribution is 2.20. The predicted molar refractivity (Wildman–Crippen MR) is 47.8 cm³/mol. The lowest BCUT2D eigenvalue weighted by molar-refractivity contribution is 0.841. The van der Waals surface area contributed by atoms with Crippen molar-refractivity contribution in [2.24, 2.45) is 0 Å². The van der Waals surface area contributed by atoms with E-state index in [0.717, 1.165) is 11.1 Å². The zero-order valence-electron chi connectivity index (χ0n) is 7.63. The summed E-state index contributed by atoms with van der Waals surface area (Å²) < 4.78 is 0. The summed E-state index contributed by atoms with van der Waals surface area (Å²) in [5, 5.41) is 8.78. The first-order valence-corrected chi connectivity index (χ1v) is 4.02. The van der Waals surface area contributed by atoms with Crippen LogP contribution in [0.2, 0.25) is 0 Å². The smallest absolute Gasteiger partial charge is 0.144 e. The van der Waals surface area contributed by atoms with E-state index in [0.29, 0.717) is 11.6 Å². The quantitative estimate of drug-likeness (QED) is 0.632. The monoisotopic (exact) mass is 160 g/mol. The fourth-order valence-corrected chi connectivity index (χ4v) is 1.39. The SMILES string of the molecule is Cc1ccnc(C#N)c1C(C)C. The average Bonchev–Trinajstić information content (AvgIpc) is 2.03. The summed E-state index contributed by atoms with van der Waals surface area (Å²) >= 11 is 0. The normalized spacial score (nSPS) is 9.92. The summed E-state index contributed by atoms with van der Waals surface area (Å²) in [5.41, 5.74) is 2.78. The Kier molecular flexibility index (Phi) is 2.44. The molecule has 0 saturated carbocycles. The first kappa shape index (κ1) is 8.73. The number of nitrogens with zero attached hydrogens (tertiary/aromatic N) is 2. The van der Waals surface area contributed by atoms with Gasteiger partial charge in [-0.05, 0) is 30.0 Å². The maximum atomic E-state index is 8.78. The molecule has 1 rings (SSSR count). The highest BCUT2D eigenvalue weighted by Gasteiger charge is 2.09. The third-order valence-corrected chi connectivity index (χ3v) is 1.89. The first-order valence-electron chi connectivity index (χ1n) is 4.02. The second kappa shape index (κ2) is 3.36. The molecule has 0 bridgehead atoms. The number of aromatic nitrogens is 1. The summed E-state index contributed by atoms with van der Waals surface area (Å²) in [6.07, 6.45) is 1.68. The summed E-state index contributed by atoms with van der Waals surface area (Å²) in [6.45, 7) is 6.16. The third-order valence-electron chi connectivity index (χ3n) is 1.89. The van der Waals surface area contributed by atoms with Gasteiger partial charge in [0.1, 0.15) is 11.8 Å². The van der Waals surface area contributed by atoms with Gasteiger partial charge in [0.15, 0.2) is 0 Å². The van der Waals surface area contributed by atoms with E-state index >= 15 is 0 Å². The van der Waals surface area contributed by atoms with Crippen molar-refractivity contribution >= 4 is 0 Å². The highest BCUT2D eigenvalue weighted by molar-refractivity contribution is 5.38. The Morgan fingerprint density at radius 1 is 1.50 bits per heavy atom. The van der Waals surface area contributed by atoms with Gasteiger partial charge in [0.05, 0.1) is 0 Å². The van der Waals surface area contributed by atoms with Crippen LogP contribution < -0.4 is 0 Å². The van der Waals surface area contributed by atoms with Gasteiger partial charge in [-0.15, -0.1) is 0 Å². The van der Waals surface area contributed by atoms with Gasteiger partial charge in [0.25, 0.3) is 0 Å². The minimum absolute atomic E-state index is 0.369. The zero-order chi connectivity index (χ0) is 9.14. The first-order chi connectivity index (χ1) is 5.66. The molecule has 2 nitrogen and oxygen atoms in total. The molecule has 0 amide bonds. The molecule has 0 aliphatic heterocycles. The number of pyridine rings is 1. The van der Waals surface area contributed by atoms with Gasteiger partial charge < -0.3 is 0 Å². The van der Waals surface area contributed by atoms with Crippen molar-refractivity contribution in [2.75, 3.05) is 0 Å². The van der Waals surface area contributed by atoms with Crippen LogP contribution in [0.3, 0.4) is 0 Å². The number of hydrogen-bond donors (Lipinski definition) is 0. The predicted octanol–water partition coefficient (Wildman–Crippen LogP) is 2.39. The van der Waals surface area contributed by atoms with Crippen LogP contribution in [0, 0.1) is 18.3 Å². The van der Waals surface area contributed by atoms with Gasteiger partial charge in [-0.2, -0.15) is 5.26 Å². The maximum Gasteiger partial charge on any atom is 0.144 e. The zero-order valence-corrected chi connectivity index (χ0v) is 7.63. The molecule has 62 valence electrons. The van der Waals surface area contributed by atoms with Gasteiger partial charge in [-0.1, -0.05) is 13.8 Å². The van der Waals surface area contributed by atoms with Gasteiger partial charge >= 0.3 is 0 Å². The highest BCUT2D eigenvalue weighted by atomic mass is 14.7. The van der Waals surface area contributed by atoms with Crippen molar-refractivity contribution in [2.45, 2.75) is 26.7 Å². The molecule has 0 saturated heterocycles. The molecule has 1 heterocycles. The molecule has 1 aromatic heterocycles. The van der Waals surface area contributed by atoms with Crippen molar-refractivity contribution in [1.82, 2.24) is 4.98 Å². The van der Waals surface area contributed by atoms with E-state index in [1.165, 1.54) is 0 Å². The van der Waals surface area contributed by atoms with E-state index < -0.39 is 0 Å². The molecule has 0 fully saturated rings. The summed E-state index contributed by atoms with van der Waals surface area (Å²) in [4.78, 5) is 4.02. The lowest BCUT2D eigenvalue weighted by Gasteiger charge is -2.09. The van der Waals surface area contributed by atoms with Gasteiger partial charge in [-0.25, -0.2) is 4.98 Å². The largest absolute Gasteiger partial charge is 0.245 e. The van der Waals surface area contributed by atoms with Crippen LogP contribution in [0.15, 0.2) is 12.3 Å². The molecule has 0 aliphatic rings. The molecule has 0 aromatic carbocycles. The Bertz CT molecular complexity index is 321. The molecule has 0 radical (unpaired) electrons.